The van der Waals surface area contributed by atoms with E-state index in [-0.39, 0.29) is 25.5 Å². The van der Waals surface area contributed by atoms with E-state index in [1.165, 1.54) is 5.56 Å². The first-order chi connectivity index (χ1) is 18.8. The van der Waals surface area contributed by atoms with Crippen LogP contribution in [0.2, 0.25) is 22.2 Å². The number of nitrogens with two attached hydrogens (primary N) is 2. The summed E-state index contributed by atoms with van der Waals surface area (Å²) >= 11 is 12.2. The molecule has 0 aliphatic carbocycles. The maximum atomic E-state index is 8.54. The first-order valence-electron chi connectivity index (χ1n) is 13.6. The van der Waals surface area contributed by atoms with E-state index >= 15 is 0 Å². The Bertz CT molecular complexity index is 888. The Hall–Kier alpha value is -0.989. The van der Waals surface area contributed by atoms with Gasteiger partial charge in [0, 0.05) is 13.1 Å². The number of aliphatic hydroxyl groups excluding tert-OH is 1. The van der Waals surface area contributed by atoms with Crippen LogP contribution < -0.4 is 30.3 Å². The van der Waals surface area contributed by atoms with Crippen molar-refractivity contribution in [2.24, 2.45) is 11.5 Å². The van der Waals surface area contributed by atoms with E-state index in [0.29, 0.717) is 41.9 Å². The first kappa shape index (κ1) is 47.0. The minimum absolute atomic E-state index is 0. The molecule has 0 amide bonds. The van der Waals surface area contributed by atoms with Crippen molar-refractivity contribution in [3.63, 3.8) is 0 Å². The predicted molar refractivity (Wildman–Crippen MR) is 182 cm³/mol. The third-order valence-electron chi connectivity index (χ3n) is 5.99. The zero-order chi connectivity index (χ0) is 31.8. The minimum Gasteiger partial charge on any atom is -0.697 e. The third-order valence-corrected chi connectivity index (χ3v) is 18.8. The van der Waals surface area contributed by atoms with Gasteiger partial charge in [-0.05, 0) is 33.3 Å². The van der Waals surface area contributed by atoms with Gasteiger partial charge in [0.05, 0.1) is 13.2 Å². The molecule has 0 aliphatic rings. The molecule has 2 aromatic carbocycles. The van der Waals surface area contributed by atoms with Crippen molar-refractivity contribution >= 4 is 37.2 Å². The van der Waals surface area contributed by atoms with Gasteiger partial charge in [0.2, 0.25) is 0 Å². The Balaban J connectivity index is -0.000000242. The van der Waals surface area contributed by atoms with E-state index < -0.39 is 15.0 Å². The molecular weight excluding hydrogens is 578 g/mol. The third kappa shape index (κ3) is 20.5. The number of halogens is 2. The fourth-order valence-electron chi connectivity index (χ4n) is 3.40. The van der Waals surface area contributed by atoms with Crippen LogP contribution >= 0.6 is 22.2 Å². The van der Waals surface area contributed by atoms with Crippen LogP contribution in [0.15, 0.2) is 60.7 Å². The number of rotatable bonds is 9. The van der Waals surface area contributed by atoms with Gasteiger partial charge in [-0.15, -0.1) is 34.1 Å². The molecule has 9 heteroatoms. The molecule has 2 aromatic rings. The molecular formula is C32H53Cl2LiN2O2Si2. The summed E-state index contributed by atoms with van der Waals surface area (Å²) in [5.74, 6) is 0. The van der Waals surface area contributed by atoms with Gasteiger partial charge in [-0.1, -0.05) is 116 Å². The van der Waals surface area contributed by atoms with Crippen LogP contribution in [0, 0.1) is 24.8 Å². The van der Waals surface area contributed by atoms with Crippen LogP contribution in [0.25, 0.3) is 0 Å². The van der Waals surface area contributed by atoms with Crippen molar-refractivity contribution in [3.05, 3.63) is 78.2 Å². The molecule has 0 saturated heterocycles. The fraction of sp³-hybridized carbons (Fsp3) is 0.500. The van der Waals surface area contributed by atoms with Crippen molar-refractivity contribution in [1.29, 1.82) is 0 Å². The quantitative estimate of drug-likeness (QED) is 0.155. The summed E-state index contributed by atoms with van der Waals surface area (Å²) in [4.78, 5) is 0. The number of hydrogen-bond donors (Lipinski definition) is 3. The van der Waals surface area contributed by atoms with E-state index in [9.17, 15) is 0 Å². The van der Waals surface area contributed by atoms with Crippen molar-refractivity contribution in [2.75, 3.05) is 13.1 Å². The molecule has 0 fully saturated rings. The smallest absolute Gasteiger partial charge is 0.697 e. The van der Waals surface area contributed by atoms with Crippen LogP contribution in [-0.4, -0.2) is 33.2 Å². The molecule has 2 rings (SSSR count). The van der Waals surface area contributed by atoms with Gasteiger partial charge in [0.1, 0.15) is 0 Å². The topological polar surface area (TPSA) is 81.5 Å². The standard InChI is InChI=1S/C15H22OSi.C7H8O.C6H14Cl2Si.C2H8N2.C2H.Li/c1-6-17(13(2)3,14(4)5)16-12-15-10-8-7-9-11-15;8-6-7-4-2-1-3-5-7;1-5(2)9(7,8)6(3)4;3-1-2-4;1-2;/h1,7-11,13-14H,12H2,2-5H3;1-5,8H,6H2;5-6H,1-4H3;1-4H2;1H;/q;;;;-1;+1. The molecule has 0 aromatic heterocycles. The van der Waals surface area contributed by atoms with Gasteiger partial charge in [-0.2, -0.15) is 0 Å². The van der Waals surface area contributed by atoms with Gasteiger partial charge >= 0.3 is 18.9 Å². The molecule has 226 valence electrons. The van der Waals surface area contributed by atoms with Gasteiger partial charge in [0.15, 0.2) is 0 Å². The number of benzene rings is 2. The van der Waals surface area contributed by atoms with E-state index in [1.807, 2.05) is 48.5 Å². The molecule has 0 heterocycles. The molecule has 0 aliphatic heterocycles. The second kappa shape index (κ2) is 27.8. The summed E-state index contributed by atoms with van der Waals surface area (Å²) in [5.41, 5.74) is 16.8. The monoisotopic (exact) mass is 630 g/mol. The van der Waals surface area contributed by atoms with Crippen LogP contribution in [0.5, 0.6) is 0 Å². The van der Waals surface area contributed by atoms with Gasteiger partial charge in [0.25, 0.3) is 15.0 Å². The molecule has 0 radical (unpaired) electrons. The summed E-state index contributed by atoms with van der Waals surface area (Å²) in [7, 11) is -2.08. The number of aliphatic hydroxyl groups is 1. The summed E-state index contributed by atoms with van der Waals surface area (Å²) < 4.78 is 6.19. The Kier molecular flexibility index (Phi) is 31.9. The Morgan fingerprint density at radius 1 is 0.756 bits per heavy atom. The van der Waals surface area contributed by atoms with Crippen LogP contribution in [0.4, 0.5) is 0 Å². The van der Waals surface area contributed by atoms with Crippen LogP contribution in [-0.2, 0) is 17.6 Å². The second-order valence-corrected chi connectivity index (χ2v) is 22.7. The van der Waals surface area contributed by atoms with E-state index in [1.54, 1.807) is 0 Å². The Morgan fingerprint density at radius 3 is 1.29 bits per heavy atom. The van der Waals surface area contributed by atoms with Crippen molar-refractivity contribution in [1.82, 2.24) is 0 Å². The first-order valence-corrected chi connectivity index (χ1v) is 19.9. The zero-order valence-corrected chi connectivity index (χ0v) is 30.3. The molecule has 0 saturated carbocycles. The van der Waals surface area contributed by atoms with E-state index in [0.717, 1.165) is 5.56 Å². The molecule has 41 heavy (non-hydrogen) atoms. The molecule has 4 nitrogen and oxygen atoms in total. The molecule has 5 N–H and O–H groups in total. The van der Waals surface area contributed by atoms with E-state index in [2.05, 4.69) is 79.5 Å². The average Bonchev–Trinajstić information content (AvgIpc) is 2.96. The molecule has 0 bridgehead atoms. The fourth-order valence-corrected chi connectivity index (χ4v) is 7.89. The van der Waals surface area contributed by atoms with Crippen molar-refractivity contribution in [3.8, 4) is 18.4 Å². The second-order valence-electron chi connectivity index (χ2n) is 10.2. The van der Waals surface area contributed by atoms with E-state index in [4.69, 9.17) is 56.0 Å². The predicted octanol–water partition coefficient (Wildman–Crippen LogP) is 5.16. The number of hydrogen-bond acceptors (Lipinski definition) is 4. The number of terminal acetylenes is 2. The summed E-state index contributed by atoms with van der Waals surface area (Å²) in [5, 5.41) is 8.54. The van der Waals surface area contributed by atoms with Gasteiger partial charge in [-0.3, -0.25) is 0 Å². The van der Waals surface area contributed by atoms with Crippen LogP contribution in [0.3, 0.4) is 0 Å². The summed E-state index contributed by atoms with van der Waals surface area (Å²) in [6.45, 7) is 17.1. The minimum atomic E-state index is -2.08. The van der Waals surface area contributed by atoms with Gasteiger partial charge < -0.3 is 33.8 Å². The molecule has 0 spiro atoms. The summed E-state index contributed by atoms with van der Waals surface area (Å²) in [6.07, 6.45) is 14.8. The van der Waals surface area contributed by atoms with Crippen molar-refractivity contribution in [2.45, 2.75) is 90.8 Å². The maximum Gasteiger partial charge on any atom is 1.00 e. The average molecular weight is 632 g/mol. The Morgan fingerprint density at radius 2 is 1.10 bits per heavy atom. The zero-order valence-electron chi connectivity index (χ0n) is 26.8. The van der Waals surface area contributed by atoms with Crippen molar-refractivity contribution < 1.29 is 28.4 Å². The SMILES string of the molecule is C#C[Si](OCc1ccccc1)(C(C)C)C(C)C.CC(C)[Si](Cl)(Cl)C(C)C.NCCN.OCc1ccccc1.[C-]#C.[Li+]. The largest absolute Gasteiger partial charge is 1.00 e. The van der Waals surface area contributed by atoms with Crippen LogP contribution in [0.1, 0.15) is 66.5 Å². The molecule has 0 atom stereocenters. The Labute approximate surface area is 276 Å². The molecule has 0 unspecified atom stereocenters. The summed E-state index contributed by atoms with van der Waals surface area (Å²) in [6, 6.07) is 19.8. The van der Waals surface area contributed by atoms with Gasteiger partial charge in [-0.25, -0.2) is 0 Å². The maximum absolute atomic E-state index is 8.54. The normalized spacial score (nSPS) is 10.4.